The summed E-state index contributed by atoms with van der Waals surface area (Å²) in [5.41, 5.74) is 1.85. The second-order valence-corrected chi connectivity index (χ2v) is 8.08. The number of esters is 1. The van der Waals surface area contributed by atoms with Crippen LogP contribution >= 0.6 is 23.2 Å². The number of nitrogens with one attached hydrogen (secondary N) is 1. The van der Waals surface area contributed by atoms with Crippen LogP contribution in [-0.4, -0.2) is 37.1 Å². The third kappa shape index (κ3) is 6.34. The van der Waals surface area contributed by atoms with Gasteiger partial charge in [-0.05, 0) is 48.4 Å². The van der Waals surface area contributed by atoms with Crippen molar-refractivity contribution in [2.45, 2.75) is 12.5 Å². The van der Waals surface area contributed by atoms with Gasteiger partial charge in [0.2, 0.25) is 0 Å². The highest BCUT2D eigenvalue weighted by molar-refractivity contribution is 6.39. The van der Waals surface area contributed by atoms with E-state index in [0.717, 1.165) is 11.3 Å². The molecular formula is C25H22Cl2FN3O3. The largest absolute Gasteiger partial charge is 0.467 e. The van der Waals surface area contributed by atoms with Crippen molar-refractivity contribution < 1.29 is 18.7 Å². The highest BCUT2D eigenvalue weighted by Gasteiger charge is 2.23. The number of aromatic nitrogens is 1. The van der Waals surface area contributed by atoms with Crippen LogP contribution in [0, 0.1) is 5.82 Å². The highest BCUT2D eigenvalue weighted by atomic mass is 35.5. The molecule has 1 N–H and O–H groups in total. The fraction of sp³-hybridized carbons (Fsp3) is 0.160. The van der Waals surface area contributed by atoms with E-state index in [0.29, 0.717) is 5.82 Å². The topological polar surface area (TPSA) is 71.5 Å². The maximum atomic E-state index is 13.1. The van der Waals surface area contributed by atoms with Gasteiger partial charge < -0.3 is 15.0 Å². The Hall–Kier alpha value is -3.42. The van der Waals surface area contributed by atoms with E-state index in [1.165, 1.54) is 19.4 Å². The van der Waals surface area contributed by atoms with Gasteiger partial charge in [0.1, 0.15) is 17.7 Å². The molecule has 1 heterocycles. The van der Waals surface area contributed by atoms with Gasteiger partial charge >= 0.3 is 5.97 Å². The Kier molecular flexibility index (Phi) is 8.62. The number of methoxy groups -OCH3 is 1. The molecule has 0 bridgehead atoms. The number of pyridine rings is 1. The fourth-order valence-electron chi connectivity index (χ4n) is 3.15. The molecule has 0 spiro atoms. The van der Waals surface area contributed by atoms with Gasteiger partial charge in [-0.15, -0.1) is 0 Å². The molecule has 3 rings (SSSR count). The van der Waals surface area contributed by atoms with Crippen LogP contribution in [-0.2, 0) is 9.53 Å². The zero-order chi connectivity index (χ0) is 24.7. The first-order valence-corrected chi connectivity index (χ1v) is 11.0. The predicted molar refractivity (Wildman–Crippen MR) is 132 cm³/mol. The quantitative estimate of drug-likeness (QED) is 0.402. The third-order valence-electron chi connectivity index (χ3n) is 5.00. The van der Waals surface area contributed by atoms with Crippen molar-refractivity contribution in [2.24, 2.45) is 0 Å². The van der Waals surface area contributed by atoms with Crippen molar-refractivity contribution >= 4 is 52.7 Å². The van der Waals surface area contributed by atoms with E-state index >= 15 is 0 Å². The standard InChI is InChI=1S/C25H22Cl2FN3O3/c1-31(22-14-11-17(28)15-29-22)18-12-9-16(10-13-18)5-3-8-21(25(33)34-2)30-24(32)23-19(26)6-4-7-20(23)27/h3-7,9-15,21H,8H2,1-2H3,(H,30,32)/b5-3+. The Bertz CT molecular complexity index is 1160. The Morgan fingerprint density at radius 3 is 2.38 bits per heavy atom. The van der Waals surface area contributed by atoms with Gasteiger partial charge in [0, 0.05) is 12.7 Å². The van der Waals surface area contributed by atoms with E-state index in [4.69, 9.17) is 27.9 Å². The molecule has 0 aliphatic rings. The van der Waals surface area contributed by atoms with E-state index < -0.39 is 23.7 Å². The van der Waals surface area contributed by atoms with Crippen LogP contribution in [0.5, 0.6) is 0 Å². The summed E-state index contributed by atoms with van der Waals surface area (Å²) in [6.45, 7) is 0. The number of carbonyl (C=O) groups excluding carboxylic acids is 2. The van der Waals surface area contributed by atoms with Gasteiger partial charge in [0.25, 0.3) is 5.91 Å². The first-order chi connectivity index (χ1) is 16.3. The van der Waals surface area contributed by atoms with E-state index in [9.17, 15) is 14.0 Å². The number of rotatable bonds is 8. The second-order valence-electron chi connectivity index (χ2n) is 7.27. The van der Waals surface area contributed by atoms with Crippen molar-refractivity contribution in [2.75, 3.05) is 19.1 Å². The first kappa shape index (κ1) is 25.2. The Labute approximate surface area is 207 Å². The second kappa shape index (κ2) is 11.6. The number of carbonyl (C=O) groups is 2. The number of benzene rings is 2. The lowest BCUT2D eigenvalue weighted by Gasteiger charge is -2.18. The van der Waals surface area contributed by atoms with Crippen molar-refractivity contribution in [3.8, 4) is 0 Å². The molecule has 0 saturated heterocycles. The minimum Gasteiger partial charge on any atom is -0.467 e. The van der Waals surface area contributed by atoms with Crippen LogP contribution in [0.4, 0.5) is 15.9 Å². The van der Waals surface area contributed by atoms with Crippen molar-refractivity contribution in [1.29, 1.82) is 0 Å². The minimum absolute atomic E-state index is 0.0964. The molecule has 0 fully saturated rings. The van der Waals surface area contributed by atoms with Gasteiger partial charge in [-0.2, -0.15) is 0 Å². The molecule has 0 radical (unpaired) electrons. The van der Waals surface area contributed by atoms with Crippen LogP contribution < -0.4 is 10.2 Å². The summed E-state index contributed by atoms with van der Waals surface area (Å²) in [7, 11) is 3.08. The maximum Gasteiger partial charge on any atom is 0.328 e. The molecule has 1 atom stereocenters. The Balaban J connectivity index is 1.66. The van der Waals surface area contributed by atoms with Crippen molar-refractivity contribution in [3.63, 3.8) is 0 Å². The number of ether oxygens (including phenoxy) is 1. The van der Waals surface area contributed by atoms with Crippen LogP contribution in [0.2, 0.25) is 10.0 Å². The summed E-state index contributed by atoms with van der Waals surface area (Å²) in [6.07, 6.45) is 4.95. The molecule has 34 heavy (non-hydrogen) atoms. The van der Waals surface area contributed by atoms with Crippen LogP contribution in [0.25, 0.3) is 6.08 Å². The molecule has 1 unspecified atom stereocenters. The molecule has 176 valence electrons. The zero-order valence-electron chi connectivity index (χ0n) is 18.5. The minimum atomic E-state index is -0.920. The molecule has 0 aliphatic heterocycles. The third-order valence-corrected chi connectivity index (χ3v) is 5.63. The SMILES string of the molecule is COC(=O)C(C/C=C/c1ccc(N(C)c2ccc(F)cn2)cc1)NC(=O)c1c(Cl)cccc1Cl. The van der Waals surface area contributed by atoms with E-state index in [-0.39, 0.29) is 22.0 Å². The van der Waals surface area contributed by atoms with E-state index in [2.05, 4.69) is 10.3 Å². The number of hydrogen-bond donors (Lipinski definition) is 1. The highest BCUT2D eigenvalue weighted by Crippen LogP contribution is 2.25. The number of anilines is 2. The van der Waals surface area contributed by atoms with E-state index in [1.807, 2.05) is 42.3 Å². The number of halogens is 3. The van der Waals surface area contributed by atoms with Gasteiger partial charge in [0.15, 0.2) is 0 Å². The molecule has 2 aromatic carbocycles. The molecule has 3 aromatic rings. The molecule has 1 aromatic heterocycles. The van der Waals surface area contributed by atoms with Crippen LogP contribution in [0.3, 0.4) is 0 Å². The summed E-state index contributed by atoms with van der Waals surface area (Å²) < 4.78 is 17.9. The lowest BCUT2D eigenvalue weighted by atomic mass is 10.1. The van der Waals surface area contributed by atoms with Gasteiger partial charge in [-0.25, -0.2) is 14.2 Å². The molecule has 0 aliphatic carbocycles. The average Bonchev–Trinajstić information content (AvgIpc) is 2.83. The van der Waals surface area contributed by atoms with Crippen LogP contribution in [0.15, 0.2) is 66.9 Å². The summed E-state index contributed by atoms with van der Waals surface area (Å²) in [5, 5.41) is 2.99. The number of hydrogen-bond acceptors (Lipinski definition) is 5. The molecule has 0 saturated carbocycles. The van der Waals surface area contributed by atoms with E-state index in [1.54, 1.807) is 30.3 Å². The number of amides is 1. The Morgan fingerprint density at radius 2 is 1.79 bits per heavy atom. The lowest BCUT2D eigenvalue weighted by Crippen LogP contribution is -2.41. The summed E-state index contributed by atoms with van der Waals surface area (Å²) in [4.78, 5) is 30.7. The van der Waals surface area contributed by atoms with Crippen LogP contribution in [0.1, 0.15) is 22.3 Å². The summed E-state index contributed by atoms with van der Waals surface area (Å²) >= 11 is 12.2. The molecule has 9 heteroatoms. The predicted octanol–water partition coefficient (Wildman–Crippen LogP) is 5.67. The lowest BCUT2D eigenvalue weighted by molar-refractivity contribution is -0.142. The monoisotopic (exact) mass is 501 g/mol. The number of nitrogens with zero attached hydrogens (tertiary/aromatic N) is 2. The van der Waals surface area contributed by atoms with Gasteiger partial charge in [-0.3, -0.25) is 4.79 Å². The molecule has 1 amide bonds. The Morgan fingerprint density at radius 1 is 1.12 bits per heavy atom. The smallest absolute Gasteiger partial charge is 0.328 e. The normalized spacial score (nSPS) is 11.8. The average molecular weight is 502 g/mol. The first-order valence-electron chi connectivity index (χ1n) is 10.2. The maximum absolute atomic E-state index is 13.1. The summed E-state index contributed by atoms with van der Waals surface area (Å²) in [6, 6.07) is 14.3. The fourth-order valence-corrected chi connectivity index (χ4v) is 3.72. The van der Waals surface area contributed by atoms with Crippen molar-refractivity contribution in [1.82, 2.24) is 10.3 Å². The van der Waals surface area contributed by atoms with Gasteiger partial charge in [-0.1, -0.05) is 53.6 Å². The summed E-state index contributed by atoms with van der Waals surface area (Å²) in [5.74, 6) is -0.944. The molecular weight excluding hydrogens is 480 g/mol. The molecule has 6 nitrogen and oxygen atoms in total. The zero-order valence-corrected chi connectivity index (χ0v) is 20.0. The van der Waals surface area contributed by atoms with Crippen molar-refractivity contribution in [3.05, 3.63) is 93.9 Å². The van der Waals surface area contributed by atoms with Gasteiger partial charge in [0.05, 0.1) is 28.9 Å².